The molecule has 218 valence electrons. The van der Waals surface area contributed by atoms with Crippen LogP contribution in [-0.2, 0) is 9.53 Å². The lowest BCUT2D eigenvalue weighted by atomic mass is 9.81. The van der Waals surface area contributed by atoms with E-state index in [0.29, 0.717) is 24.9 Å². The number of urea groups is 2. The molecule has 1 aliphatic carbocycles. The molecule has 1 saturated heterocycles. The van der Waals surface area contributed by atoms with Crippen molar-refractivity contribution in [3.63, 3.8) is 0 Å². The van der Waals surface area contributed by atoms with Gasteiger partial charge in [0.1, 0.15) is 11.9 Å². The Kier molecular flexibility index (Phi) is 8.35. The highest BCUT2D eigenvalue weighted by Crippen LogP contribution is 2.37. The number of hydrogen-bond acceptors (Lipinski definition) is 5. The Hall–Kier alpha value is -3.86. The van der Waals surface area contributed by atoms with Crippen molar-refractivity contribution in [2.75, 3.05) is 20.2 Å². The van der Waals surface area contributed by atoms with Crippen molar-refractivity contribution in [1.82, 2.24) is 20.4 Å². The minimum Gasteiger partial charge on any atom is -0.466 e. The Labute approximate surface area is 236 Å². The molecule has 3 aliphatic rings. The summed E-state index contributed by atoms with van der Waals surface area (Å²) in [6, 6.07) is 6.95. The monoisotopic (exact) mass is 570 g/mol. The molecule has 0 aromatic heterocycles. The zero-order chi connectivity index (χ0) is 29.3. The van der Waals surface area contributed by atoms with Crippen LogP contribution in [0.25, 0.3) is 0 Å². The van der Waals surface area contributed by atoms with Gasteiger partial charge in [-0.2, -0.15) is 0 Å². The molecular formula is C30H33F3N4O4. The zero-order valence-corrected chi connectivity index (χ0v) is 23.0. The van der Waals surface area contributed by atoms with Crippen LogP contribution in [0, 0.1) is 17.5 Å². The Balaban J connectivity index is 1.27. The third kappa shape index (κ3) is 5.95. The predicted octanol–water partition coefficient (Wildman–Crippen LogP) is 5.13. The van der Waals surface area contributed by atoms with Gasteiger partial charge < -0.3 is 15.4 Å². The van der Waals surface area contributed by atoms with Gasteiger partial charge in [-0.05, 0) is 80.3 Å². The fourth-order valence-electron chi connectivity index (χ4n) is 6.31. The van der Waals surface area contributed by atoms with Crippen molar-refractivity contribution in [2.24, 2.45) is 0 Å². The lowest BCUT2D eigenvalue weighted by molar-refractivity contribution is -0.136. The number of nitrogens with zero attached hydrogens (tertiary/aromatic N) is 2. The lowest BCUT2D eigenvalue weighted by Crippen LogP contribution is -2.56. The van der Waals surface area contributed by atoms with Crippen molar-refractivity contribution in [3.05, 3.63) is 82.3 Å². The molecule has 5 rings (SSSR count). The number of amides is 4. The van der Waals surface area contributed by atoms with Gasteiger partial charge in [-0.3, -0.25) is 4.90 Å². The molecule has 2 N–H and O–H groups in total. The molecule has 2 heterocycles. The molecule has 1 unspecified atom stereocenters. The Bertz CT molecular complexity index is 1360. The second kappa shape index (κ2) is 11.9. The van der Waals surface area contributed by atoms with Crippen LogP contribution in [0.15, 0.2) is 53.7 Å². The smallest absolute Gasteiger partial charge is 0.337 e. The molecule has 2 aromatic carbocycles. The quantitative estimate of drug-likeness (QED) is 0.487. The summed E-state index contributed by atoms with van der Waals surface area (Å²) >= 11 is 0. The van der Waals surface area contributed by atoms with Gasteiger partial charge in [0.2, 0.25) is 0 Å². The number of carbonyl (C=O) groups excluding carboxylic acids is 3. The first-order valence-corrected chi connectivity index (χ1v) is 13.8. The van der Waals surface area contributed by atoms with Crippen molar-refractivity contribution < 1.29 is 32.3 Å². The second-order valence-electron chi connectivity index (χ2n) is 10.9. The number of esters is 1. The van der Waals surface area contributed by atoms with E-state index in [1.165, 1.54) is 25.1 Å². The van der Waals surface area contributed by atoms with Crippen LogP contribution >= 0.6 is 0 Å². The molecule has 1 saturated carbocycles. The van der Waals surface area contributed by atoms with Gasteiger partial charge in [0.25, 0.3) is 0 Å². The summed E-state index contributed by atoms with van der Waals surface area (Å²) in [5, 5.41) is 5.43. The van der Waals surface area contributed by atoms with Crippen LogP contribution in [0.3, 0.4) is 0 Å². The first-order valence-electron chi connectivity index (χ1n) is 13.8. The number of methoxy groups -OCH3 is 1. The van der Waals surface area contributed by atoms with Gasteiger partial charge in [-0.25, -0.2) is 32.5 Å². The largest absolute Gasteiger partial charge is 0.466 e. The minimum absolute atomic E-state index is 0.0552. The first kappa shape index (κ1) is 28.7. The van der Waals surface area contributed by atoms with Gasteiger partial charge in [0.15, 0.2) is 11.6 Å². The molecule has 0 spiro atoms. The average molecular weight is 571 g/mol. The number of benzene rings is 2. The molecule has 11 heteroatoms. The van der Waals surface area contributed by atoms with Crippen LogP contribution in [0.2, 0.25) is 0 Å². The van der Waals surface area contributed by atoms with Crippen LogP contribution in [0.4, 0.5) is 22.8 Å². The van der Waals surface area contributed by atoms with Crippen LogP contribution in [0.5, 0.6) is 0 Å². The van der Waals surface area contributed by atoms with E-state index in [2.05, 4.69) is 15.5 Å². The summed E-state index contributed by atoms with van der Waals surface area (Å²) in [4.78, 5) is 42.5. The van der Waals surface area contributed by atoms with Crippen molar-refractivity contribution >= 4 is 18.0 Å². The molecule has 2 aliphatic heterocycles. The minimum atomic E-state index is -1.31. The number of likely N-dealkylation sites (tertiary alicyclic amines) is 1. The fourth-order valence-corrected chi connectivity index (χ4v) is 6.31. The van der Waals surface area contributed by atoms with E-state index in [9.17, 15) is 27.6 Å². The molecule has 41 heavy (non-hydrogen) atoms. The van der Waals surface area contributed by atoms with Gasteiger partial charge in [0, 0.05) is 30.9 Å². The summed E-state index contributed by atoms with van der Waals surface area (Å²) in [6.07, 6.45) is 4.64. The van der Waals surface area contributed by atoms with Gasteiger partial charge in [-0.15, -0.1) is 0 Å². The predicted molar refractivity (Wildman–Crippen MR) is 144 cm³/mol. The van der Waals surface area contributed by atoms with E-state index < -0.39 is 35.7 Å². The number of ether oxygens (including phenoxy) is 1. The third-order valence-electron chi connectivity index (χ3n) is 8.43. The summed E-state index contributed by atoms with van der Waals surface area (Å²) in [5.74, 6) is -2.91. The third-order valence-corrected chi connectivity index (χ3v) is 8.43. The maximum absolute atomic E-state index is 14.2. The van der Waals surface area contributed by atoms with Gasteiger partial charge >= 0.3 is 18.0 Å². The lowest BCUT2D eigenvalue weighted by Gasteiger charge is -2.37. The van der Waals surface area contributed by atoms with E-state index in [1.54, 1.807) is 0 Å². The Morgan fingerprint density at radius 1 is 0.951 bits per heavy atom. The first-order chi connectivity index (χ1) is 19.7. The topological polar surface area (TPSA) is 91.0 Å². The van der Waals surface area contributed by atoms with Crippen molar-refractivity contribution in [1.29, 1.82) is 0 Å². The van der Waals surface area contributed by atoms with Crippen LogP contribution < -0.4 is 10.6 Å². The van der Waals surface area contributed by atoms with E-state index in [-0.39, 0.29) is 28.7 Å². The van der Waals surface area contributed by atoms with E-state index in [0.717, 1.165) is 61.9 Å². The van der Waals surface area contributed by atoms with Crippen LogP contribution in [-0.4, -0.2) is 60.1 Å². The molecule has 0 bridgehead atoms. The zero-order valence-electron chi connectivity index (χ0n) is 23.0. The number of nitrogens with one attached hydrogen (secondary N) is 2. The van der Waals surface area contributed by atoms with E-state index in [4.69, 9.17) is 4.74 Å². The second-order valence-corrected chi connectivity index (χ2v) is 10.9. The Morgan fingerprint density at radius 3 is 2.29 bits per heavy atom. The number of hydrogen-bond donors (Lipinski definition) is 2. The Morgan fingerprint density at radius 2 is 1.63 bits per heavy atom. The number of allylic oxidation sites excluding steroid dienone is 1. The summed E-state index contributed by atoms with van der Waals surface area (Å²) in [7, 11) is 1.16. The molecule has 8 nitrogen and oxygen atoms in total. The number of carbonyl (C=O) groups is 3. The molecule has 2 atom stereocenters. The van der Waals surface area contributed by atoms with Crippen molar-refractivity contribution in [2.45, 2.75) is 63.1 Å². The SMILES string of the molecule is COC(=O)C1=C(C)NC(=O)N(C(=O)NC2CCN(C3CCC(c4ccc(F)cc4)CC3)C2)[C@H]1c1ccc(F)c(F)c1. The highest BCUT2D eigenvalue weighted by Gasteiger charge is 2.43. The molecule has 0 radical (unpaired) electrons. The van der Waals surface area contributed by atoms with Crippen LogP contribution in [0.1, 0.15) is 62.1 Å². The maximum atomic E-state index is 14.2. The standard InChI is InChI=1S/C30H33F3N4O4/c1-17-26(28(38)41-2)27(20-7-12-24(32)25(33)15-20)37(29(39)34-17)30(40)35-22-13-14-36(16-22)23-10-5-19(6-11-23)18-3-8-21(31)9-4-18/h3-4,7-9,12,15,19,22-23,27H,5-6,10-11,13-14,16H2,1-2H3,(H,34,39)(H,35,40)/t19?,22?,23?,27-/m0/s1. The summed E-state index contributed by atoms with van der Waals surface area (Å²) in [5.41, 5.74) is 1.31. The summed E-state index contributed by atoms with van der Waals surface area (Å²) in [6.45, 7) is 2.86. The molecule has 4 amide bonds. The van der Waals surface area contributed by atoms with Crippen molar-refractivity contribution in [3.8, 4) is 0 Å². The van der Waals surface area contributed by atoms with Gasteiger partial charge in [-0.1, -0.05) is 18.2 Å². The highest BCUT2D eigenvalue weighted by atomic mass is 19.2. The molecule has 2 fully saturated rings. The number of halogens is 3. The van der Waals surface area contributed by atoms with Gasteiger partial charge in [0.05, 0.1) is 12.7 Å². The normalized spacial score (nSPS) is 25.2. The molecule has 2 aromatic rings. The molecular weight excluding hydrogens is 537 g/mol. The number of imide groups is 1. The average Bonchev–Trinajstić information content (AvgIpc) is 3.42. The maximum Gasteiger partial charge on any atom is 0.337 e. The highest BCUT2D eigenvalue weighted by molar-refractivity contribution is 6.01. The number of rotatable bonds is 5. The fraction of sp³-hybridized carbons (Fsp3) is 0.433. The summed E-state index contributed by atoms with van der Waals surface area (Å²) < 4.78 is 46.1. The van der Waals surface area contributed by atoms with E-state index >= 15 is 0 Å². The van der Waals surface area contributed by atoms with E-state index in [1.807, 2.05) is 12.1 Å².